The van der Waals surface area contributed by atoms with E-state index in [1.165, 1.54) is 6.08 Å². The summed E-state index contributed by atoms with van der Waals surface area (Å²) in [5, 5.41) is 0. The minimum atomic E-state index is -3.93. The molecule has 0 aliphatic carbocycles. The molecule has 0 radical (unpaired) electrons. The number of benzene rings is 1. The summed E-state index contributed by atoms with van der Waals surface area (Å²) in [4.78, 5) is 22.3. The summed E-state index contributed by atoms with van der Waals surface area (Å²) in [6.45, 7) is 3.13. The second-order valence-corrected chi connectivity index (χ2v) is 5.29. The van der Waals surface area contributed by atoms with Gasteiger partial charge in [0.25, 0.3) is 0 Å². The molecule has 0 fully saturated rings. The maximum absolute atomic E-state index is 11.6. The first kappa shape index (κ1) is 14.9. The monoisotopic (exact) mass is 283 g/mol. The van der Waals surface area contributed by atoms with E-state index in [1.807, 2.05) is 0 Å². The summed E-state index contributed by atoms with van der Waals surface area (Å²) < 4.78 is 29.3. The summed E-state index contributed by atoms with van der Waals surface area (Å²) in [7, 11) is -3.93. The molecule has 1 N–H and O–H groups in total. The van der Waals surface area contributed by atoms with E-state index in [2.05, 4.69) is 11.3 Å². The maximum Gasteiger partial charge on any atom is 0.398 e. The van der Waals surface area contributed by atoms with Crippen LogP contribution in [0.2, 0.25) is 0 Å². The lowest BCUT2D eigenvalue weighted by Gasteiger charge is -2.06. The van der Waals surface area contributed by atoms with Crippen LogP contribution in [0.1, 0.15) is 5.56 Å². The van der Waals surface area contributed by atoms with E-state index >= 15 is 0 Å². The molecule has 0 aliphatic rings. The number of esters is 1. The van der Waals surface area contributed by atoms with Gasteiger partial charge in [0.05, 0.1) is 5.75 Å². The first-order valence-electron chi connectivity index (χ1n) is 5.31. The maximum atomic E-state index is 11.6. The van der Waals surface area contributed by atoms with Crippen LogP contribution in [-0.2, 0) is 30.1 Å². The number of sulfonamides is 1. The Morgan fingerprint density at radius 2 is 1.89 bits per heavy atom. The van der Waals surface area contributed by atoms with Crippen molar-refractivity contribution in [1.82, 2.24) is 4.72 Å². The Bertz CT molecular complexity index is 565. The van der Waals surface area contributed by atoms with Crippen molar-refractivity contribution in [2.45, 2.75) is 5.75 Å². The quantitative estimate of drug-likeness (QED) is 0.479. The number of hydrogen-bond donors (Lipinski definition) is 1. The number of carbonyl (C=O) groups is 2. The lowest BCUT2D eigenvalue weighted by Crippen LogP contribution is -2.37. The van der Waals surface area contributed by atoms with Gasteiger partial charge in [-0.25, -0.2) is 17.9 Å². The lowest BCUT2D eigenvalue weighted by atomic mass is 10.2. The molecule has 1 aromatic carbocycles. The van der Waals surface area contributed by atoms with E-state index < -0.39 is 27.7 Å². The average molecular weight is 283 g/mol. The number of amides is 1. The van der Waals surface area contributed by atoms with E-state index in [9.17, 15) is 18.0 Å². The van der Waals surface area contributed by atoms with Gasteiger partial charge >= 0.3 is 11.9 Å². The van der Waals surface area contributed by atoms with Crippen LogP contribution < -0.4 is 4.72 Å². The van der Waals surface area contributed by atoms with Gasteiger partial charge in [-0.15, -0.1) is 0 Å². The van der Waals surface area contributed by atoms with Crippen molar-refractivity contribution in [3.63, 3.8) is 0 Å². The molecular formula is C12H13NO5S. The fraction of sp³-hybridized carbons (Fsp3) is 0.167. The number of hydrogen-bond acceptors (Lipinski definition) is 5. The first-order chi connectivity index (χ1) is 8.94. The Morgan fingerprint density at radius 1 is 1.26 bits per heavy atom. The number of rotatable bonds is 5. The molecule has 0 unspecified atom stereocenters. The minimum absolute atomic E-state index is 0.162. The third kappa shape index (κ3) is 5.35. The summed E-state index contributed by atoms with van der Waals surface area (Å²) in [6, 6.07) is 8.27. The van der Waals surface area contributed by atoms with Crippen molar-refractivity contribution in [1.29, 1.82) is 0 Å². The number of nitrogens with one attached hydrogen (secondary N) is 1. The van der Waals surface area contributed by atoms with Crippen molar-refractivity contribution in [3.8, 4) is 0 Å². The highest BCUT2D eigenvalue weighted by atomic mass is 32.2. The second-order valence-electron chi connectivity index (χ2n) is 3.56. The zero-order chi connectivity index (χ0) is 14.3. The third-order valence-electron chi connectivity index (χ3n) is 1.97. The smallest absolute Gasteiger partial charge is 0.398 e. The first-order valence-corrected chi connectivity index (χ1v) is 6.96. The minimum Gasteiger partial charge on any atom is -0.454 e. The van der Waals surface area contributed by atoms with E-state index in [1.54, 1.807) is 35.1 Å². The van der Waals surface area contributed by atoms with E-state index in [-0.39, 0.29) is 6.61 Å². The largest absolute Gasteiger partial charge is 0.454 e. The highest BCUT2D eigenvalue weighted by Crippen LogP contribution is 2.03. The molecule has 0 spiro atoms. The summed E-state index contributed by atoms with van der Waals surface area (Å²) in [6.07, 6.45) is 1.27. The standard InChI is InChI=1S/C12H13NO5S/c1-2-8-18-12(15)11(14)13-19(16,17)9-10-6-4-3-5-7-10/h2-7H,1,8-9H2,(H,13,14). The van der Waals surface area contributed by atoms with E-state index in [4.69, 9.17) is 0 Å². The Kier molecular flexibility index (Phi) is 5.25. The van der Waals surface area contributed by atoms with Crippen molar-refractivity contribution in [2.24, 2.45) is 0 Å². The predicted octanol–water partition coefficient (Wildman–Crippen LogP) is 0.362. The van der Waals surface area contributed by atoms with Crippen LogP contribution in [-0.4, -0.2) is 26.9 Å². The molecule has 1 aromatic rings. The van der Waals surface area contributed by atoms with Gasteiger partial charge in [-0.3, -0.25) is 4.79 Å². The SMILES string of the molecule is C=CCOC(=O)C(=O)NS(=O)(=O)Cc1ccccc1. The van der Waals surface area contributed by atoms with Crippen molar-refractivity contribution in [3.05, 3.63) is 48.6 Å². The van der Waals surface area contributed by atoms with Gasteiger partial charge in [0.1, 0.15) is 6.61 Å². The summed E-state index contributed by atoms with van der Waals surface area (Å²) in [5.74, 6) is -2.98. The Labute approximate surface area is 111 Å². The topological polar surface area (TPSA) is 89.5 Å². The van der Waals surface area contributed by atoms with Crippen LogP contribution >= 0.6 is 0 Å². The molecule has 102 valence electrons. The van der Waals surface area contributed by atoms with Crippen LogP contribution in [0.3, 0.4) is 0 Å². The highest BCUT2D eigenvalue weighted by Gasteiger charge is 2.22. The number of ether oxygens (including phenoxy) is 1. The van der Waals surface area contributed by atoms with Gasteiger partial charge in [-0.1, -0.05) is 43.0 Å². The fourth-order valence-corrected chi connectivity index (χ4v) is 2.28. The predicted molar refractivity (Wildman–Crippen MR) is 68.4 cm³/mol. The molecule has 6 nitrogen and oxygen atoms in total. The molecule has 0 saturated heterocycles. The molecule has 0 heterocycles. The molecule has 0 aromatic heterocycles. The molecule has 1 rings (SSSR count). The molecule has 0 saturated carbocycles. The molecule has 0 bridgehead atoms. The Balaban J connectivity index is 2.62. The van der Waals surface area contributed by atoms with Gasteiger partial charge in [0.15, 0.2) is 0 Å². The van der Waals surface area contributed by atoms with Crippen molar-refractivity contribution >= 4 is 21.9 Å². The van der Waals surface area contributed by atoms with Gasteiger partial charge < -0.3 is 4.74 Å². The van der Waals surface area contributed by atoms with Crippen LogP contribution in [0.15, 0.2) is 43.0 Å². The zero-order valence-corrected chi connectivity index (χ0v) is 10.9. The van der Waals surface area contributed by atoms with Crippen LogP contribution in [0.4, 0.5) is 0 Å². The van der Waals surface area contributed by atoms with Crippen LogP contribution in [0.5, 0.6) is 0 Å². The molecule has 0 aliphatic heterocycles. The second kappa shape index (κ2) is 6.69. The van der Waals surface area contributed by atoms with Crippen molar-refractivity contribution in [2.75, 3.05) is 6.61 Å². The lowest BCUT2D eigenvalue weighted by molar-refractivity contribution is -0.153. The van der Waals surface area contributed by atoms with Gasteiger partial charge in [0, 0.05) is 0 Å². The van der Waals surface area contributed by atoms with E-state index in [0.29, 0.717) is 5.56 Å². The van der Waals surface area contributed by atoms with Crippen LogP contribution in [0.25, 0.3) is 0 Å². The normalized spacial score (nSPS) is 10.5. The summed E-state index contributed by atoms with van der Waals surface area (Å²) >= 11 is 0. The molecule has 1 amide bonds. The molecule has 7 heteroatoms. The van der Waals surface area contributed by atoms with Gasteiger partial charge in [0.2, 0.25) is 10.0 Å². The molecule has 19 heavy (non-hydrogen) atoms. The highest BCUT2D eigenvalue weighted by molar-refractivity contribution is 7.89. The van der Waals surface area contributed by atoms with Gasteiger partial charge in [-0.05, 0) is 5.56 Å². The van der Waals surface area contributed by atoms with E-state index in [0.717, 1.165) is 0 Å². The van der Waals surface area contributed by atoms with Gasteiger partial charge in [-0.2, -0.15) is 0 Å². The fourth-order valence-electron chi connectivity index (χ4n) is 1.21. The molecular weight excluding hydrogens is 270 g/mol. The van der Waals surface area contributed by atoms with Crippen molar-refractivity contribution < 1.29 is 22.7 Å². The average Bonchev–Trinajstić information content (AvgIpc) is 2.35. The van der Waals surface area contributed by atoms with Crippen LogP contribution in [0, 0.1) is 0 Å². The summed E-state index contributed by atoms with van der Waals surface area (Å²) in [5.41, 5.74) is 0.502. The Hall–Kier alpha value is -2.15. The number of carbonyl (C=O) groups excluding carboxylic acids is 2. The zero-order valence-electron chi connectivity index (χ0n) is 10.0. The molecule has 0 atom stereocenters. The Morgan fingerprint density at radius 3 is 2.47 bits per heavy atom. The third-order valence-corrected chi connectivity index (χ3v) is 3.18.